The Balaban J connectivity index is 1.51. The number of nitrogens with one attached hydrogen (secondary N) is 1. The summed E-state index contributed by atoms with van der Waals surface area (Å²) in [5.74, 6) is 0.635. The van der Waals surface area contributed by atoms with Crippen LogP contribution in [0.2, 0.25) is 0 Å². The second kappa shape index (κ2) is 7.49. The van der Waals surface area contributed by atoms with E-state index in [4.69, 9.17) is 9.47 Å². The van der Waals surface area contributed by atoms with E-state index in [1.165, 1.54) is 5.56 Å². The first-order chi connectivity index (χ1) is 11.6. The van der Waals surface area contributed by atoms with E-state index in [9.17, 15) is 4.79 Å². The van der Waals surface area contributed by atoms with E-state index in [1.807, 2.05) is 26.0 Å². The molecule has 1 N–H and O–H groups in total. The van der Waals surface area contributed by atoms with Crippen molar-refractivity contribution in [2.45, 2.75) is 39.5 Å². The molecule has 0 spiro atoms. The molecule has 6 heteroatoms. The Labute approximate surface area is 141 Å². The van der Waals surface area contributed by atoms with Gasteiger partial charge in [-0.1, -0.05) is 17.7 Å². The van der Waals surface area contributed by atoms with E-state index in [-0.39, 0.29) is 18.7 Å². The van der Waals surface area contributed by atoms with E-state index in [0.29, 0.717) is 12.2 Å². The van der Waals surface area contributed by atoms with E-state index in [1.54, 1.807) is 16.9 Å². The van der Waals surface area contributed by atoms with Crippen LogP contribution < -0.4 is 10.1 Å². The average Bonchev–Trinajstić information content (AvgIpc) is 3.23. The van der Waals surface area contributed by atoms with Crippen molar-refractivity contribution in [1.82, 2.24) is 15.1 Å². The Bertz CT molecular complexity index is 705. The van der Waals surface area contributed by atoms with Crippen molar-refractivity contribution in [3.63, 3.8) is 0 Å². The van der Waals surface area contributed by atoms with Crippen LogP contribution in [0.25, 0.3) is 0 Å². The number of ether oxygens (including phenoxy) is 2. The summed E-state index contributed by atoms with van der Waals surface area (Å²) in [5, 5.41) is 7.12. The van der Waals surface area contributed by atoms with Gasteiger partial charge in [-0.05, 0) is 44.4 Å². The third kappa shape index (κ3) is 4.14. The lowest BCUT2D eigenvalue weighted by atomic mass is 10.1. The predicted molar refractivity (Wildman–Crippen MR) is 90.1 cm³/mol. The first-order valence-corrected chi connectivity index (χ1v) is 8.25. The molecule has 1 unspecified atom stereocenters. The fraction of sp³-hybridized carbons (Fsp3) is 0.444. The SMILES string of the molecule is Cc1ccc(OCn2ccc(C(=O)NCC3CCCO3)n2)c(C)c1. The van der Waals surface area contributed by atoms with Crippen LogP contribution in [-0.4, -0.2) is 34.9 Å². The first kappa shape index (κ1) is 16.5. The van der Waals surface area contributed by atoms with Crippen LogP contribution in [0.4, 0.5) is 0 Å². The third-order valence-corrected chi connectivity index (χ3v) is 4.07. The summed E-state index contributed by atoms with van der Waals surface area (Å²) >= 11 is 0. The van der Waals surface area contributed by atoms with Crippen LogP contribution in [0, 0.1) is 13.8 Å². The smallest absolute Gasteiger partial charge is 0.271 e. The Morgan fingerprint density at radius 3 is 3.04 bits per heavy atom. The molecule has 0 bridgehead atoms. The summed E-state index contributed by atoms with van der Waals surface area (Å²) in [6.45, 7) is 5.64. The molecular weight excluding hydrogens is 306 g/mol. The molecule has 1 fully saturated rings. The van der Waals surface area contributed by atoms with E-state index in [2.05, 4.69) is 16.5 Å². The third-order valence-electron chi connectivity index (χ3n) is 4.07. The summed E-state index contributed by atoms with van der Waals surface area (Å²) in [4.78, 5) is 12.1. The molecule has 2 aromatic rings. The summed E-state index contributed by atoms with van der Waals surface area (Å²) in [7, 11) is 0. The van der Waals surface area contributed by atoms with Crippen molar-refractivity contribution in [2.24, 2.45) is 0 Å². The Morgan fingerprint density at radius 2 is 2.29 bits per heavy atom. The summed E-state index contributed by atoms with van der Waals surface area (Å²) in [6.07, 6.45) is 3.93. The highest BCUT2D eigenvalue weighted by molar-refractivity contribution is 5.92. The molecular formula is C18H23N3O3. The van der Waals surface area contributed by atoms with Crippen LogP contribution in [0.3, 0.4) is 0 Å². The van der Waals surface area contributed by atoms with Crippen molar-refractivity contribution < 1.29 is 14.3 Å². The van der Waals surface area contributed by atoms with Crippen LogP contribution in [0.1, 0.15) is 34.5 Å². The Hall–Kier alpha value is -2.34. The molecule has 0 saturated carbocycles. The normalized spacial score (nSPS) is 17.0. The van der Waals surface area contributed by atoms with Gasteiger partial charge in [-0.25, -0.2) is 4.68 Å². The van der Waals surface area contributed by atoms with Gasteiger partial charge in [-0.3, -0.25) is 4.79 Å². The largest absolute Gasteiger partial charge is 0.471 e. The molecule has 2 heterocycles. The molecule has 128 valence electrons. The lowest BCUT2D eigenvalue weighted by molar-refractivity contribution is 0.0852. The maximum Gasteiger partial charge on any atom is 0.271 e. The highest BCUT2D eigenvalue weighted by atomic mass is 16.5. The summed E-state index contributed by atoms with van der Waals surface area (Å²) < 4.78 is 12.9. The second-order valence-corrected chi connectivity index (χ2v) is 6.13. The van der Waals surface area contributed by atoms with Crippen LogP contribution in [-0.2, 0) is 11.5 Å². The molecule has 6 nitrogen and oxygen atoms in total. The van der Waals surface area contributed by atoms with Gasteiger partial charge in [-0.2, -0.15) is 5.10 Å². The highest BCUT2D eigenvalue weighted by Gasteiger charge is 2.17. The predicted octanol–water partition coefficient (Wildman–Crippen LogP) is 2.45. The molecule has 1 aliphatic heterocycles. The molecule has 3 rings (SSSR count). The molecule has 1 amide bonds. The van der Waals surface area contributed by atoms with Gasteiger partial charge in [0.25, 0.3) is 5.91 Å². The van der Waals surface area contributed by atoms with Gasteiger partial charge in [0.15, 0.2) is 6.73 Å². The average molecular weight is 329 g/mol. The number of carbonyl (C=O) groups excluding carboxylic acids is 1. The number of amides is 1. The zero-order valence-electron chi connectivity index (χ0n) is 14.1. The van der Waals surface area contributed by atoms with Gasteiger partial charge in [0.2, 0.25) is 0 Å². The van der Waals surface area contributed by atoms with Gasteiger partial charge >= 0.3 is 0 Å². The highest BCUT2D eigenvalue weighted by Crippen LogP contribution is 2.19. The number of aryl methyl sites for hydroxylation is 2. The van der Waals surface area contributed by atoms with E-state index >= 15 is 0 Å². The number of benzene rings is 1. The van der Waals surface area contributed by atoms with Gasteiger partial charge in [0.05, 0.1) is 6.10 Å². The van der Waals surface area contributed by atoms with Crippen molar-refractivity contribution in [3.05, 3.63) is 47.3 Å². The number of aromatic nitrogens is 2. The number of carbonyl (C=O) groups is 1. The van der Waals surface area contributed by atoms with Crippen molar-refractivity contribution in [3.8, 4) is 5.75 Å². The molecule has 1 aliphatic rings. The van der Waals surface area contributed by atoms with Crippen LogP contribution in [0.5, 0.6) is 5.75 Å². The maximum absolute atomic E-state index is 12.1. The van der Waals surface area contributed by atoms with E-state index in [0.717, 1.165) is 30.8 Å². The van der Waals surface area contributed by atoms with Gasteiger partial charge in [-0.15, -0.1) is 0 Å². The Morgan fingerprint density at radius 1 is 1.42 bits per heavy atom. The molecule has 0 radical (unpaired) electrons. The fourth-order valence-corrected chi connectivity index (χ4v) is 2.75. The minimum absolute atomic E-state index is 0.129. The lowest BCUT2D eigenvalue weighted by Crippen LogP contribution is -2.32. The Kier molecular flexibility index (Phi) is 5.15. The molecule has 0 aliphatic carbocycles. The van der Waals surface area contributed by atoms with Crippen molar-refractivity contribution in [2.75, 3.05) is 13.2 Å². The minimum atomic E-state index is -0.184. The van der Waals surface area contributed by atoms with Crippen molar-refractivity contribution in [1.29, 1.82) is 0 Å². The van der Waals surface area contributed by atoms with Gasteiger partial charge in [0, 0.05) is 19.3 Å². The maximum atomic E-state index is 12.1. The van der Waals surface area contributed by atoms with Crippen molar-refractivity contribution >= 4 is 5.91 Å². The zero-order chi connectivity index (χ0) is 16.9. The molecule has 1 aromatic carbocycles. The standard InChI is InChI=1S/C18H23N3O3/c1-13-5-6-17(14(2)10-13)24-12-21-8-7-16(20-21)18(22)19-11-15-4-3-9-23-15/h5-8,10,15H,3-4,9,11-12H2,1-2H3,(H,19,22). The minimum Gasteiger partial charge on any atom is -0.471 e. The number of hydrogen-bond acceptors (Lipinski definition) is 4. The topological polar surface area (TPSA) is 65.4 Å². The van der Waals surface area contributed by atoms with Gasteiger partial charge in [0.1, 0.15) is 11.4 Å². The van der Waals surface area contributed by atoms with E-state index < -0.39 is 0 Å². The quantitative estimate of drug-likeness (QED) is 0.884. The second-order valence-electron chi connectivity index (χ2n) is 6.13. The molecule has 24 heavy (non-hydrogen) atoms. The van der Waals surface area contributed by atoms with Crippen LogP contribution in [0.15, 0.2) is 30.5 Å². The molecule has 1 atom stereocenters. The van der Waals surface area contributed by atoms with Gasteiger partial charge < -0.3 is 14.8 Å². The number of nitrogens with zero attached hydrogens (tertiary/aromatic N) is 2. The summed E-state index contributed by atoms with van der Waals surface area (Å²) in [5.41, 5.74) is 2.66. The first-order valence-electron chi connectivity index (χ1n) is 8.25. The number of hydrogen-bond donors (Lipinski definition) is 1. The lowest BCUT2D eigenvalue weighted by Gasteiger charge is -2.10. The zero-order valence-corrected chi connectivity index (χ0v) is 14.1. The summed E-state index contributed by atoms with van der Waals surface area (Å²) in [6, 6.07) is 7.72. The fourth-order valence-electron chi connectivity index (χ4n) is 2.75. The molecule has 1 aromatic heterocycles. The molecule has 1 saturated heterocycles. The number of rotatable bonds is 6. The van der Waals surface area contributed by atoms with Crippen LogP contribution >= 0.6 is 0 Å². The monoisotopic (exact) mass is 329 g/mol.